The van der Waals surface area contributed by atoms with Gasteiger partial charge in [-0.25, -0.2) is 4.79 Å². The standard InChI is InChI=1S/C11H11NO2/c1-7-2-3-9-8(6-12)5-11(13)14-10(9)4-7/h2-5H,6,12H2,1H3. The Bertz CT molecular complexity index is 528. The van der Waals surface area contributed by atoms with Gasteiger partial charge in [0.25, 0.3) is 0 Å². The van der Waals surface area contributed by atoms with Crippen molar-refractivity contribution in [2.75, 3.05) is 0 Å². The van der Waals surface area contributed by atoms with Crippen LogP contribution in [-0.4, -0.2) is 0 Å². The van der Waals surface area contributed by atoms with Crippen LogP contribution in [0.25, 0.3) is 11.0 Å². The van der Waals surface area contributed by atoms with Gasteiger partial charge >= 0.3 is 5.63 Å². The van der Waals surface area contributed by atoms with Gasteiger partial charge in [0.1, 0.15) is 5.58 Å². The van der Waals surface area contributed by atoms with E-state index < -0.39 is 0 Å². The minimum Gasteiger partial charge on any atom is -0.423 e. The second-order valence-corrected chi connectivity index (χ2v) is 3.29. The molecule has 1 aromatic heterocycles. The maximum atomic E-state index is 11.2. The molecule has 0 saturated carbocycles. The number of nitrogens with two attached hydrogens (primary N) is 1. The number of fused-ring (bicyclic) bond motifs is 1. The van der Waals surface area contributed by atoms with Gasteiger partial charge in [-0.2, -0.15) is 0 Å². The van der Waals surface area contributed by atoms with E-state index >= 15 is 0 Å². The van der Waals surface area contributed by atoms with E-state index in [0.717, 1.165) is 16.5 Å². The summed E-state index contributed by atoms with van der Waals surface area (Å²) in [5, 5.41) is 0.915. The smallest absolute Gasteiger partial charge is 0.336 e. The van der Waals surface area contributed by atoms with Gasteiger partial charge in [-0.1, -0.05) is 12.1 Å². The third kappa shape index (κ3) is 1.42. The van der Waals surface area contributed by atoms with E-state index in [0.29, 0.717) is 12.1 Å². The molecule has 2 N–H and O–H groups in total. The van der Waals surface area contributed by atoms with Crippen molar-refractivity contribution in [1.29, 1.82) is 0 Å². The summed E-state index contributed by atoms with van der Waals surface area (Å²) in [4.78, 5) is 11.2. The van der Waals surface area contributed by atoms with E-state index in [-0.39, 0.29) is 5.63 Å². The predicted octanol–water partition coefficient (Wildman–Crippen LogP) is 1.56. The summed E-state index contributed by atoms with van der Waals surface area (Å²) in [6.07, 6.45) is 0. The normalized spacial score (nSPS) is 10.7. The first kappa shape index (κ1) is 8.97. The molecular weight excluding hydrogens is 178 g/mol. The van der Waals surface area contributed by atoms with Crippen LogP contribution < -0.4 is 11.4 Å². The monoisotopic (exact) mass is 189 g/mol. The molecule has 1 aromatic carbocycles. The van der Waals surface area contributed by atoms with Crippen LogP contribution in [0.5, 0.6) is 0 Å². The van der Waals surface area contributed by atoms with Crippen molar-refractivity contribution >= 4 is 11.0 Å². The Balaban J connectivity index is 2.87. The molecule has 0 aliphatic carbocycles. The molecule has 72 valence electrons. The zero-order valence-electron chi connectivity index (χ0n) is 7.91. The molecule has 2 aromatic rings. The summed E-state index contributed by atoms with van der Waals surface area (Å²) in [5.74, 6) is 0. The number of rotatable bonds is 1. The molecule has 2 rings (SSSR count). The third-order valence-corrected chi connectivity index (χ3v) is 2.21. The lowest BCUT2D eigenvalue weighted by Crippen LogP contribution is -2.04. The van der Waals surface area contributed by atoms with Gasteiger partial charge in [-0.05, 0) is 24.1 Å². The molecule has 0 aliphatic heterocycles. The fourth-order valence-electron chi connectivity index (χ4n) is 1.51. The first-order chi connectivity index (χ1) is 6.70. The molecule has 0 fully saturated rings. The highest BCUT2D eigenvalue weighted by atomic mass is 16.4. The van der Waals surface area contributed by atoms with E-state index in [1.54, 1.807) is 0 Å². The maximum absolute atomic E-state index is 11.2. The average Bonchev–Trinajstić information content (AvgIpc) is 2.15. The Morgan fingerprint density at radius 1 is 1.36 bits per heavy atom. The topological polar surface area (TPSA) is 56.2 Å². The van der Waals surface area contributed by atoms with Gasteiger partial charge in [0.05, 0.1) is 0 Å². The van der Waals surface area contributed by atoms with Gasteiger partial charge in [-0.15, -0.1) is 0 Å². The van der Waals surface area contributed by atoms with Crippen molar-refractivity contribution in [2.24, 2.45) is 5.73 Å². The van der Waals surface area contributed by atoms with Crippen molar-refractivity contribution in [3.05, 3.63) is 45.8 Å². The molecule has 0 aliphatic rings. The van der Waals surface area contributed by atoms with Crippen LogP contribution in [0.3, 0.4) is 0 Å². The summed E-state index contributed by atoms with van der Waals surface area (Å²) in [7, 11) is 0. The summed E-state index contributed by atoms with van der Waals surface area (Å²) in [6, 6.07) is 7.19. The van der Waals surface area contributed by atoms with E-state index in [1.807, 2.05) is 25.1 Å². The van der Waals surface area contributed by atoms with Gasteiger partial charge in [-0.3, -0.25) is 0 Å². The quantitative estimate of drug-likeness (QED) is 0.692. The zero-order chi connectivity index (χ0) is 10.1. The third-order valence-electron chi connectivity index (χ3n) is 2.21. The second kappa shape index (κ2) is 3.27. The van der Waals surface area contributed by atoms with Crippen LogP contribution in [-0.2, 0) is 6.54 Å². The lowest BCUT2D eigenvalue weighted by Gasteiger charge is -2.02. The van der Waals surface area contributed by atoms with Crippen molar-refractivity contribution in [2.45, 2.75) is 13.5 Å². The molecule has 0 saturated heterocycles. The van der Waals surface area contributed by atoms with Crippen LogP contribution in [0.4, 0.5) is 0 Å². The van der Waals surface area contributed by atoms with Gasteiger partial charge < -0.3 is 10.2 Å². The SMILES string of the molecule is Cc1ccc2c(CN)cc(=O)oc2c1. The van der Waals surface area contributed by atoms with Gasteiger partial charge in [0.2, 0.25) is 0 Å². The first-order valence-electron chi connectivity index (χ1n) is 4.44. The van der Waals surface area contributed by atoms with Gasteiger partial charge in [0, 0.05) is 18.0 Å². The molecule has 14 heavy (non-hydrogen) atoms. The molecular formula is C11H11NO2. The van der Waals surface area contributed by atoms with Gasteiger partial charge in [0.15, 0.2) is 0 Å². The average molecular weight is 189 g/mol. The van der Waals surface area contributed by atoms with E-state index in [4.69, 9.17) is 10.2 Å². The Kier molecular flexibility index (Phi) is 2.09. The minimum absolute atomic E-state index is 0.344. The second-order valence-electron chi connectivity index (χ2n) is 3.29. The Labute approximate surface area is 81.1 Å². The van der Waals surface area contributed by atoms with E-state index in [2.05, 4.69) is 0 Å². The Morgan fingerprint density at radius 2 is 2.14 bits per heavy atom. The fourth-order valence-corrected chi connectivity index (χ4v) is 1.51. The summed E-state index contributed by atoms with van der Waals surface area (Å²) in [6.45, 7) is 2.31. The Hall–Kier alpha value is -1.61. The molecule has 0 amide bonds. The Morgan fingerprint density at radius 3 is 2.86 bits per heavy atom. The maximum Gasteiger partial charge on any atom is 0.336 e. The molecule has 0 bridgehead atoms. The molecule has 0 atom stereocenters. The number of benzene rings is 1. The predicted molar refractivity (Wildman–Crippen MR) is 55.1 cm³/mol. The van der Waals surface area contributed by atoms with Crippen molar-refractivity contribution in [3.8, 4) is 0 Å². The largest absolute Gasteiger partial charge is 0.423 e. The van der Waals surface area contributed by atoms with E-state index in [9.17, 15) is 4.79 Å². The molecule has 3 heteroatoms. The summed E-state index contributed by atoms with van der Waals surface area (Å²) in [5.41, 5.74) is 7.70. The lowest BCUT2D eigenvalue weighted by atomic mass is 10.1. The number of hydrogen-bond donors (Lipinski definition) is 1. The highest BCUT2D eigenvalue weighted by molar-refractivity contribution is 5.80. The van der Waals surface area contributed by atoms with E-state index in [1.165, 1.54) is 6.07 Å². The lowest BCUT2D eigenvalue weighted by molar-refractivity contribution is 0.558. The van der Waals surface area contributed by atoms with Crippen LogP contribution in [0.1, 0.15) is 11.1 Å². The summed E-state index contributed by atoms with van der Waals surface area (Å²) >= 11 is 0. The highest BCUT2D eigenvalue weighted by Gasteiger charge is 2.03. The zero-order valence-corrected chi connectivity index (χ0v) is 7.91. The van der Waals surface area contributed by atoms with Crippen LogP contribution in [0, 0.1) is 6.92 Å². The molecule has 0 unspecified atom stereocenters. The number of hydrogen-bond acceptors (Lipinski definition) is 3. The first-order valence-corrected chi connectivity index (χ1v) is 4.44. The van der Waals surface area contributed by atoms with Crippen molar-refractivity contribution in [3.63, 3.8) is 0 Å². The molecule has 0 spiro atoms. The molecule has 3 nitrogen and oxygen atoms in total. The molecule has 1 heterocycles. The van der Waals surface area contributed by atoms with Crippen LogP contribution in [0.15, 0.2) is 33.5 Å². The minimum atomic E-state index is -0.344. The summed E-state index contributed by atoms with van der Waals surface area (Å²) < 4.78 is 5.07. The van der Waals surface area contributed by atoms with Crippen LogP contribution >= 0.6 is 0 Å². The van der Waals surface area contributed by atoms with Crippen molar-refractivity contribution in [1.82, 2.24) is 0 Å². The van der Waals surface area contributed by atoms with Crippen molar-refractivity contribution < 1.29 is 4.42 Å². The fraction of sp³-hybridized carbons (Fsp3) is 0.182. The number of aryl methyl sites for hydroxylation is 1. The highest BCUT2D eigenvalue weighted by Crippen LogP contribution is 2.17. The molecule has 0 radical (unpaired) electrons. The van der Waals surface area contributed by atoms with Crippen LogP contribution in [0.2, 0.25) is 0 Å².